The van der Waals surface area contributed by atoms with Gasteiger partial charge in [-0.1, -0.05) is 20.8 Å². The number of carboxylic acid groups (broad SMARTS) is 1. The molecule has 6 heteroatoms. The highest BCUT2D eigenvalue weighted by Crippen LogP contribution is 2.19. The van der Waals surface area contributed by atoms with Gasteiger partial charge in [0.05, 0.1) is 12.5 Å². The molecule has 1 saturated heterocycles. The maximum atomic E-state index is 12.1. The summed E-state index contributed by atoms with van der Waals surface area (Å²) < 4.78 is 0. The molecule has 19 heavy (non-hydrogen) atoms. The summed E-state index contributed by atoms with van der Waals surface area (Å²) in [4.78, 5) is 36.3. The maximum Gasteiger partial charge on any atom is 0.320 e. The Kier molecular flexibility index (Phi) is 5.05. The number of rotatable bonds is 6. The molecule has 108 valence electrons. The predicted molar refractivity (Wildman–Crippen MR) is 69.4 cm³/mol. The normalized spacial score (nSPS) is 23.0. The molecule has 0 aromatic carbocycles. The van der Waals surface area contributed by atoms with Crippen molar-refractivity contribution in [2.24, 2.45) is 5.92 Å². The predicted octanol–water partition coefficient (Wildman–Crippen LogP) is 0.611. The number of nitrogens with zero attached hydrogens (tertiary/aromatic N) is 1. The smallest absolute Gasteiger partial charge is 0.320 e. The number of imide groups is 1. The SMILES string of the molecule is CCC(C)N1C(=O)CC(NC(C(=O)O)C(C)C)C1=O. The Bertz CT molecular complexity index is 381. The molecule has 0 saturated carbocycles. The van der Waals surface area contributed by atoms with Gasteiger partial charge in [-0.15, -0.1) is 0 Å². The van der Waals surface area contributed by atoms with E-state index in [1.807, 2.05) is 13.8 Å². The number of carboxylic acids is 1. The largest absolute Gasteiger partial charge is 0.480 e. The average molecular weight is 270 g/mol. The Morgan fingerprint density at radius 3 is 2.42 bits per heavy atom. The zero-order chi connectivity index (χ0) is 14.7. The van der Waals surface area contributed by atoms with Gasteiger partial charge in [0.2, 0.25) is 11.8 Å². The van der Waals surface area contributed by atoms with Gasteiger partial charge in [-0.05, 0) is 19.3 Å². The molecule has 2 amide bonds. The summed E-state index contributed by atoms with van der Waals surface area (Å²) in [6, 6.07) is -1.68. The van der Waals surface area contributed by atoms with Crippen molar-refractivity contribution in [1.29, 1.82) is 0 Å². The molecule has 0 spiro atoms. The van der Waals surface area contributed by atoms with E-state index in [1.165, 1.54) is 4.90 Å². The van der Waals surface area contributed by atoms with Gasteiger partial charge in [0.15, 0.2) is 0 Å². The molecule has 2 N–H and O–H groups in total. The Balaban J connectivity index is 2.79. The van der Waals surface area contributed by atoms with E-state index in [-0.39, 0.29) is 30.2 Å². The van der Waals surface area contributed by atoms with E-state index in [4.69, 9.17) is 5.11 Å². The van der Waals surface area contributed by atoms with Crippen LogP contribution in [0.1, 0.15) is 40.5 Å². The van der Waals surface area contributed by atoms with Gasteiger partial charge >= 0.3 is 5.97 Å². The van der Waals surface area contributed by atoms with E-state index in [1.54, 1.807) is 13.8 Å². The lowest BCUT2D eigenvalue weighted by Gasteiger charge is -2.24. The van der Waals surface area contributed by atoms with Crippen molar-refractivity contribution in [3.63, 3.8) is 0 Å². The average Bonchev–Trinajstić information content (AvgIpc) is 2.59. The Hall–Kier alpha value is -1.43. The van der Waals surface area contributed by atoms with E-state index < -0.39 is 18.1 Å². The molecule has 6 nitrogen and oxygen atoms in total. The number of hydrogen-bond acceptors (Lipinski definition) is 4. The molecule has 1 aliphatic rings. The van der Waals surface area contributed by atoms with Gasteiger partial charge in [-0.2, -0.15) is 0 Å². The molecule has 3 atom stereocenters. The summed E-state index contributed by atoms with van der Waals surface area (Å²) in [7, 11) is 0. The Morgan fingerprint density at radius 1 is 1.42 bits per heavy atom. The minimum Gasteiger partial charge on any atom is -0.480 e. The van der Waals surface area contributed by atoms with Crippen LogP contribution in [-0.4, -0.2) is 45.9 Å². The Labute approximate surface area is 113 Å². The zero-order valence-electron chi connectivity index (χ0n) is 11.8. The standard InChI is InChI=1S/C13H22N2O4/c1-5-8(4)15-10(16)6-9(12(15)17)14-11(7(2)3)13(18)19/h7-9,11,14H,5-6H2,1-4H3,(H,18,19). The highest BCUT2D eigenvalue weighted by Gasteiger charge is 2.42. The van der Waals surface area contributed by atoms with Gasteiger partial charge in [-0.3, -0.25) is 24.6 Å². The number of nitrogens with one attached hydrogen (secondary N) is 1. The Morgan fingerprint density at radius 2 is 2.00 bits per heavy atom. The number of aliphatic carboxylic acids is 1. The van der Waals surface area contributed by atoms with E-state index >= 15 is 0 Å². The van der Waals surface area contributed by atoms with E-state index in [9.17, 15) is 14.4 Å². The lowest BCUT2D eigenvalue weighted by atomic mass is 10.0. The molecule has 3 unspecified atom stereocenters. The first-order valence-electron chi connectivity index (χ1n) is 6.64. The highest BCUT2D eigenvalue weighted by molar-refractivity contribution is 6.06. The van der Waals surface area contributed by atoms with Crippen molar-refractivity contribution in [2.75, 3.05) is 0 Å². The van der Waals surface area contributed by atoms with Crippen molar-refractivity contribution in [3.8, 4) is 0 Å². The van der Waals surface area contributed by atoms with E-state index in [2.05, 4.69) is 5.32 Å². The first-order chi connectivity index (χ1) is 8.79. The van der Waals surface area contributed by atoms with Gasteiger partial charge in [0.25, 0.3) is 0 Å². The van der Waals surface area contributed by atoms with Gasteiger partial charge in [0, 0.05) is 6.04 Å². The second-order valence-corrected chi connectivity index (χ2v) is 5.34. The second-order valence-electron chi connectivity index (χ2n) is 5.34. The lowest BCUT2D eigenvalue weighted by Crippen LogP contribution is -2.50. The van der Waals surface area contributed by atoms with E-state index in [0.29, 0.717) is 6.42 Å². The zero-order valence-corrected chi connectivity index (χ0v) is 11.8. The maximum absolute atomic E-state index is 12.1. The topological polar surface area (TPSA) is 86.7 Å². The van der Waals surface area contributed by atoms with Crippen LogP contribution in [0.5, 0.6) is 0 Å². The third-order valence-corrected chi connectivity index (χ3v) is 3.53. The first kappa shape index (κ1) is 15.6. The van der Waals surface area contributed by atoms with Crippen LogP contribution in [0.25, 0.3) is 0 Å². The molecule has 1 heterocycles. The third-order valence-electron chi connectivity index (χ3n) is 3.53. The molecule has 0 radical (unpaired) electrons. The molecule has 1 aliphatic heterocycles. The minimum atomic E-state index is -1.00. The fourth-order valence-electron chi connectivity index (χ4n) is 2.19. The van der Waals surface area contributed by atoms with Crippen molar-refractivity contribution >= 4 is 17.8 Å². The van der Waals surface area contributed by atoms with Crippen LogP contribution in [0.15, 0.2) is 0 Å². The fourth-order valence-corrected chi connectivity index (χ4v) is 2.19. The van der Waals surface area contributed by atoms with Crippen molar-refractivity contribution in [3.05, 3.63) is 0 Å². The van der Waals surface area contributed by atoms with Crippen LogP contribution in [0.2, 0.25) is 0 Å². The molecular weight excluding hydrogens is 248 g/mol. The summed E-state index contributed by atoms with van der Waals surface area (Å²) in [5.74, 6) is -1.70. The lowest BCUT2D eigenvalue weighted by molar-refractivity contribution is -0.141. The van der Waals surface area contributed by atoms with Gasteiger partial charge < -0.3 is 5.11 Å². The summed E-state index contributed by atoms with van der Waals surface area (Å²) in [5, 5.41) is 11.9. The number of carbonyl (C=O) groups excluding carboxylic acids is 2. The molecule has 0 bridgehead atoms. The molecule has 0 aliphatic carbocycles. The minimum absolute atomic E-state index is 0.0413. The molecule has 0 aromatic rings. The first-order valence-corrected chi connectivity index (χ1v) is 6.64. The van der Waals surface area contributed by atoms with Crippen LogP contribution in [0.3, 0.4) is 0 Å². The second kappa shape index (κ2) is 6.14. The quantitative estimate of drug-likeness (QED) is 0.691. The number of hydrogen-bond donors (Lipinski definition) is 2. The molecule has 0 aromatic heterocycles. The summed E-state index contributed by atoms with van der Waals surface area (Å²) in [5.41, 5.74) is 0. The summed E-state index contributed by atoms with van der Waals surface area (Å²) >= 11 is 0. The van der Waals surface area contributed by atoms with Gasteiger partial charge in [0.1, 0.15) is 6.04 Å². The summed E-state index contributed by atoms with van der Waals surface area (Å²) in [6.07, 6.45) is 0.733. The number of amides is 2. The molecule has 1 fully saturated rings. The van der Waals surface area contributed by atoms with Crippen LogP contribution in [0, 0.1) is 5.92 Å². The van der Waals surface area contributed by atoms with Gasteiger partial charge in [-0.25, -0.2) is 0 Å². The van der Waals surface area contributed by atoms with Crippen molar-refractivity contribution in [1.82, 2.24) is 10.2 Å². The fraction of sp³-hybridized carbons (Fsp3) is 0.769. The van der Waals surface area contributed by atoms with E-state index in [0.717, 1.165) is 0 Å². The highest BCUT2D eigenvalue weighted by atomic mass is 16.4. The van der Waals surface area contributed by atoms with Crippen molar-refractivity contribution < 1.29 is 19.5 Å². The van der Waals surface area contributed by atoms with Crippen LogP contribution in [-0.2, 0) is 14.4 Å². The summed E-state index contributed by atoms with van der Waals surface area (Å²) in [6.45, 7) is 7.24. The number of likely N-dealkylation sites (tertiary alicyclic amines) is 1. The number of carbonyl (C=O) groups is 3. The van der Waals surface area contributed by atoms with Crippen LogP contribution < -0.4 is 5.32 Å². The molecule has 1 rings (SSSR count). The monoisotopic (exact) mass is 270 g/mol. The van der Waals surface area contributed by atoms with Crippen molar-refractivity contribution in [2.45, 2.75) is 58.7 Å². The molecular formula is C13H22N2O4. The third kappa shape index (κ3) is 3.32. The van der Waals surface area contributed by atoms with Crippen LogP contribution >= 0.6 is 0 Å². The van der Waals surface area contributed by atoms with Crippen LogP contribution in [0.4, 0.5) is 0 Å².